The van der Waals surface area contributed by atoms with Crippen LogP contribution in [0.5, 0.6) is 11.5 Å². The molecule has 0 bridgehead atoms. The summed E-state index contributed by atoms with van der Waals surface area (Å²) in [5.74, 6) is 0.144. The van der Waals surface area contributed by atoms with E-state index in [0.717, 1.165) is 5.69 Å². The lowest BCUT2D eigenvalue weighted by Gasteiger charge is -2.09. The summed E-state index contributed by atoms with van der Waals surface area (Å²) >= 11 is 0. The number of nitrogens with two attached hydrogens (primary N) is 1. The Bertz CT molecular complexity index is 1450. The number of nitro benzene ring substituents is 1. The molecular weight excluding hydrogens is 512 g/mol. The molecule has 0 fully saturated rings. The Morgan fingerprint density at radius 2 is 1.18 bits per heavy atom. The van der Waals surface area contributed by atoms with Gasteiger partial charge < -0.3 is 25.8 Å². The van der Waals surface area contributed by atoms with Gasteiger partial charge in [-0.05, 0) is 68.4 Å². The van der Waals surface area contributed by atoms with Crippen LogP contribution < -0.4 is 25.8 Å². The first-order valence-electron chi connectivity index (χ1n) is 12.5. The molecule has 10 nitrogen and oxygen atoms in total. The molecule has 4 aromatic carbocycles. The van der Waals surface area contributed by atoms with Crippen LogP contribution >= 0.6 is 0 Å². The molecule has 4 rings (SSSR count). The Labute approximate surface area is 231 Å². The fraction of sp³-hybridized carbons (Fsp3) is 0.133. The van der Waals surface area contributed by atoms with Crippen molar-refractivity contribution in [1.29, 1.82) is 0 Å². The number of amides is 2. The number of benzene rings is 4. The molecule has 0 saturated heterocycles. The predicted octanol–water partition coefficient (Wildman–Crippen LogP) is 6.17. The maximum absolute atomic E-state index is 12.1. The van der Waals surface area contributed by atoms with E-state index in [0.29, 0.717) is 35.9 Å². The molecule has 0 aliphatic rings. The first-order valence-corrected chi connectivity index (χ1v) is 12.5. The maximum Gasteiger partial charge on any atom is 0.311 e. The number of nitrogens with one attached hydrogen (secondary N) is 2. The van der Waals surface area contributed by atoms with Gasteiger partial charge in [0.05, 0.1) is 23.8 Å². The molecule has 0 aliphatic carbocycles. The van der Waals surface area contributed by atoms with Gasteiger partial charge in [-0.25, -0.2) is 0 Å². The van der Waals surface area contributed by atoms with E-state index < -0.39 is 10.8 Å². The lowest BCUT2D eigenvalue weighted by atomic mass is 10.1. The van der Waals surface area contributed by atoms with Crippen LogP contribution in [0.15, 0.2) is 97.1 Å². The lowest BCUT2D eigenvalue weighted by molar-refractivity contribution is -0.385. The third-order valence-electron chi connectivity index (χ3n) is 5.35. The second-order valence-corrected chi connectivity index (χ2v) is 8.20. The predicted molar refractivity (Wildman–Crippen MR) is 155 cm³/mol. The van der Waals surface area contributed by atoms with Crippen LogP contribution in [0.1, 0.15) is 34.6 Å². The summed E-state index contributed by atoms with van der Waals surface area (Å²) in [6.45, 7) is 4.48. The van der Waals surface area contributed by atoms with Gasteiger partial charge in [-0.3, -0.25) is 19.7 Å². The van der Waals surface area contributed by atoms with Crippen LogP contribution in [0.4, 0.5) is 22.7 Å². The lowest BCUT2D eigenvalue weighted by Crippen LogP contribution is -2.12. The van der Waals surface area contributed by atoms with E-state index in [1.54, 1.807) is 49.4 Å². The number of ether oxygens (including phenoxy) is 2. The third kappa shape index (κ3) is 8.32. The van der Waals surface area contributed by atoms with Gasteiger partial charge in [0.15, 0.2) is 5.75 Å². The highest BCUT2D eigenvalue weighted by atomic mass is 16.6. The zero-order chi connectivity index (χ0) is 28.9. The molecule has 0 unspecified atom stereocenters. The second kappa shape index (κ2) is 14.5. The fourth-order valence-electron chi connectivity index (χ4n) is 3.50. The molecule has 4 aromatic rings. The number of nitrogens with zero attached hydrogens (tertiary/aromatic N) is 1. The average molecular weight is 543 g/mol. The largest absolute Gasteiger partial charge is 0.492 e. The summed E-state index contributed by atoms with van der Waals surface area (Å²) in [7, 11) is 0. The number of carbonyl (C=O) groups is 2. The number of rotatable bonds is 9. The summed E-state index contributed by atoms with van der Waals surface area (Å²) in [6.07, 6.45) is 0. The van der Waals surface area contributed by atoms with E-state index in [2.05, 4.69) is 10.6 Å². The van der Waals surface area contributed by atoms with Crippen molar-refractivity contribution in [1.82, 2.24) is 0 Å². The van der Waals surface area contributed by atoms with Crippen molar-refractivity contribution in [2.75, 3.05) is 29.6 Å². The van der Waals surface area contributed by atoms with Gasteiger partial charge in [-0.2, -0.15) is 0 Å². The number of hydrogen-bond donors (Lipinski definition) is 3. The number of nitro groups is 1. The van der Waals surface area contributed by atoms with E-state index in [9.17, 15) is 19.7 Å². The van der Waals surface area contributed by atoms with Crippen LogP contribution in [0.2, 0.25) is 0 Å². The molecule has 4 N–H and O–H groups in total. The van der Waals surface area contributed by atoms with Crippen molar-refractivity contribution in [3.05, 3.63) is 118 Å². The maximum atomic E-state index is 12.1. The molecule has 0 spiro atoms. The average Bonchev–Trinajstić information content (AvgIpc) is 2.96. The highest BCUT2D eigenvalue weighted by Crippen LogP contribution is 2.28. The third-order valence-corrected chi connectivity index (χ3v) is 5.35. The minimum absolute atomic E-state index is 0.152. The van der Waals surface area contributed by atoms with E-state index in [-0.39, 0.29) is 22.9 Å². The van der Waals surface area contributed by atoms with Crippen LogP contribution in [-0.2, 0) is 0 Å². The number of anilines is 3. The van der Waals surface area contributed by atoms with Gasteiger partial charge in [0, 0.05) is 28.6 Å². The standard InChI is InChI=1S/C15H14N2O4.C15H16N2O2/c1-2-21-14-9-8-11(10-13(14)17(19)20)15(18)16-12-6-4-3-5-7-12;1-2-19-14-9-8-11(10-13(14)16)15(18)17-12-6-4-3-5-7-12/h3-10H,2H2,1H3,(H,16,18);3-10H,2,16H2,1H3,(H,17,18). The molecule has 10 heteroatoms. The molecule has 0 saturated carbocycles. The minimum atomic E-state index is -0.565. The summed E-state index contributed by atoms with van der Waals surface area (Å²) in [5.41, 5.74) is 8.15. The second-order valence-electron chi connectivity index (χ2n) is 8.20. The first-order chi connectivity index (χ1) is 19.3. The Hall–Kier alpha value is -5.38. The zero-order valence-electron chi connectivity index (χ0n) is 22.1. The topological polar surface area (TPSA) is 146 Å². The number of para-hydroxylation sites is 2. The number of nitrogen functional groups attached to an aromatic ring is 1. The summed E-state index contributed by atoms with van der Waals surface area (Å²) in [5, 5.41) is 16.5. The summed E-state index contributed by atoms with van der Waals surface area (Å²) < 4.78 is 10.5. The van der Waals surface area contributed by atoms with Gasteiger partial charge in [0.2, 0.25) is 0 Å². The Morgan fingerprint density at radius 1 is 0.725 bits per heavy atom. The number of hydrogen-bond acceptors (Lipinski definition) is 7. The molecule has 2 amide bonds. The fourth-order valence-corrected chi connectivity index (χ4v) is 3.50. The molecule has 0 heterocycles. The van der Waals surface area contributed by atoms with Crippen LogP contribution in [0, 0.1) is 10.1 Å². The van der Waals surface area contributed by atoms with Gasteiger partial charge in [0.1, 0.15) is 5.75 Å². The summed E-state index contributed by atoms with van der Waals surface area (Å²) in [4.78, 5) is 34.6. The molecule has 206 valence electrons. The Balaban J connectivity index is 0.000000222. The normalized spacial score (nSPS) is 9.95. The van der Waals surface area contributed by atoms with Gasteiger partial charge in [-0.1, -0.05) is 36.4 Å². The molecule has 40 heavy (non-hydrogen) atoms. The van der Waals surface area contributed by atoms with E-state index in [1.165, 1.54) is 18.2 Å². The van der Waals surface area contributed by atoms with Crippen molar-refractivity contribution >= 4 is 34.6 Å². The Morgan fingerprint density at radius 3 is 1.62 bits per heavy atom. The zero-order valence-corrected chi connectivity index (χ0v) is 22.1. The molecule has 0 aromatic heterocycles. The highest BCUT2D eigenvalue weighted by molar-refractivity contribution is 6.05. The molecular formula is C30H30N4O6. The molecule has 0 atom stereocenters. The van der Waals surface area contributed by atoms with E-state index >= 15 is 0 Å². The highest BCUT2D eigenvalue weighted by Gasteiger charge is 2.18. The van der Waals surface area contributed by atoms with Crippen LogP contribution in [0.25, 0.3) is 0 Å². The van der Waals surface area contributed by atoms with Gasteiger partial charge in [-0.15, -0.1) is 0 Å². The van der Waals surface area contributed by atoms with Crippen molar-refractivity contribution in [2.24, 2.45) is 0 Å². The van der Waals surface area contributed by atoms with E-state index in [1.807, 2.05) is 43.3 Å². The molecule has 0 radical (unpaired) electrons. The van der Waals surface area contributed by atoms with Crippen LogP contribution in [-0.4, -0.2) is 30.0 Å². The monoisotopic (exact) mass is 542 g/mol. The van der Waals surface area contributed by atoms with Crippen molar-refractivity contribution in [3.8, 4) is 11.5 Å². The van der Waals surface area contributed by atoms with Gasteiger partial charge >= 0.3 is 5.69 Å². The summed E-state index contributed by atoms with van der Waals surface area (Å²) in [6, 6.07) is 27.3. The van der Waals surface area contributed by atoms with Gasteiger partial charge in [0.25, 0.3) is 11.8 Å². The number of carbonyl (C=O) groups excluding carboxylic acids is 2. The van der Waals surface area contributed by atoms with Crippen LogP contribution in [0.3, 0.4) is 0 Å². The van der Waals surface area contributed by atoms with Crippen molar-refractivity contribution < 1.29 is 24.0 Å². The van der Waals surface area contributed by atoms with Crippen molar-refractivity contribution in [3.63, 3.8) is 0 Å². The van der Waals surface area contributed by atoms with E-state index in [4.69, 9.17) is 15.2 Å². The quantitative estimate of drug-likeness (QED) is 0.130. The Kier molecular flexibility index (Phi) is 10.6. The SMILES string of the molecule is CCOc1ccc(C(=O)Nc2ccccc2)cc1N.CCOc1ccc(C(=O)Nc2ccccc2)cc1[N+](=O)[O-]. The smallest absolute Gasteiger partial charge is 0.311 e. The first kappa shape index (κ1) is 29.2. The van der Waals surface area contributed by atoms with Crippen molar-refractivity contribution in [2.45, 2.75) is 13.8 Å². The molecule has 0 aliphatic heterocycles. The minimum Gasteiger partial charge on any atom is -0.492 e.